The van der Waals surface area contributed by atoms with E-state index in [1.165, 1.54) is 26.7 Å². The fraction of sp³-hybridized carbons (Fsp3) is 0.556. The summed E-state index contributed by atoms with van der Waals surface area (Å²) in [5, 5.41) is 0. The predicted molar refractivity (Wildman–Crippen MR) is 194 cm³/mol. The Morgan fingerprint density at radius 3 is 1.30 bits per heavy atom. The van der Waals surface area contributed by atoms with E-state index in [9.17, 15) is 0 Å². The molecule has 3 aliphatic heterocycles. The molecule has 246 valence electrons. The summed E-state index contributed by atoms with van der Waals surface area (Å²) in [6, 6.07) is 12.9. The summed E-state index contributed by atoms with van der Waals surface area (Å²) in [5.41, 5.74) is 4.61. The summed E-state index contributed by atoms with van der Waals surface area (Å²) < 4.78 is 37.2. The maximum absolute atomic E-state index is 6.07. The lowest BCUT2D eigenvalue weighted by Crippen LogP contribution is -2.41. The zero-order valence-electron chi connectivity index (χ0n) is 29.7. The van der Waals surface area contributed by atoms with Crippen LogP contribution in [0.25, 0.3) is 12.2 Å². The van der Waals surface area contributed by atoms with Crippen molar-refractivity contribution in [1.82, 2.24) is 0 Å². The first-order chi connectivity index (χ1) is 21.1. The molecule has 46 heavy (non-hydrogen) atoms. The summed E-state index contributed by atoms with van der Waals surface area (Å²) in [4.78, 5) is 0. The molecule has 3 fully saturated rings. The molecule has 0 saturated carbocycles. The van der Waals surface area contributed by atoms with Crippen molar-refractivity contribution >= 4 is 54.7 Å². The lowest BCUT2D eigenvalue weighted by atomic mass is 9.49. The molecule has 0 spiro atoms. The molecule has 3 saturated heterocycles. The van der Waals surface area contributed by atoms with Crippen molar-refractivity contribution in [3.63, 3.8) is 0 Å². The van der Waals surface area contributed by atoms with Crippen LogP contribution in [-0.2, 0) is 40.8 Å². The van der Waals surface area contributed by atoms with Gasteiger partial charge in [-0.15, -0.1) is 0 Å². The summed E-state index contributed by atoms with van der Waals surface area (Å²) in [7, 11) is -1.20. The maximum atomic E-state index is 6.07. The highest BCUT2D eigenvalue weighted by Gasteiger charge is 2.63. The van der Waals surface area contributed by atoms with Gasteiger partial charge in [-0.05, 0) is 136 Å². The van der Waals surface area contributed by atoms with Crippen LogP contribution in [-0.4, -0.2) is 54.7 Å². The van der Waals surface area contributed by atoms with E-state index in [2.05, 4.69) is 104 Å². The topological polar surface area (TPSA) is 55.4 Å². The zero-order valence-corrected chi connectivity index (χ0v) is 31.3. The zero-order chi connectivity index (χ0) is 33.9. The molecule has 0 radical (unpaired) electrons. The number of rotatable bonds is 2. The molecule has 0 unspecified atom stereocenters. The van der Waals surface area contributed by atoms with E-state index in [0.717, 1.165) is 18.3 Å². The van der Waals surface area contributed by atoms with Crippen molar-refractivity contribution in [2.45, 2.75) is 130 Å². The number of allylic oxidation sites excluding steroid dienone is 2. The minimum Gasteiger partial charge on any atom is -0.405 e. The van der Waals surface area contributed by atoms with Crippen molar-refractivity contribution in [2.24, 2.45) is 0 Å². The molecule has 3 heterocycles. The third-order valence-corrected chi connectivity index (χ3v) is 11.3. The molecule has 0 amide bonds. The quantitative estimate of drug-likeness (QED) is 0.300. The van der Waals surface area contributed by atoms with E-state index in [4.69, 9.17) is 27.9 Å². The van der Waals surface area contributed by atoms with Crippen LogP contribution in [0.15, 0.2) is 53.0 Å². The van der Waals surface area contributed by atoms with Crippen molar-refractivity contribution in [1.29, 1.82) is 0 Å². The maximum Gasteiger partial charge on any atom is 0.494 e. The summed E-state index contributed by atoms with van der Waals surface area (Å²) >= 11 is 3.44. The first-order valence-electron chi connectivity index (χ1n) is 16.4. The number of halogens is 1. The Hall–Kier alpha value is -1.65. The monoisotopic (exact) mass is 690 g/mol. The third kappa shape index (κ3) is 7.05. The van der Waals surface area contributed by atoms with Crippen LogP contribution in [0.1, 0.15) is 105 Å². The van der Waals surface area contributed by atoms with Crippen LogP contribution in [0.3, 0.4) is 0 Å². The number of benzene rings is 2. The summed E-state index contributed by atoms with van der Waals surface area (Å²) in [5.74, 6) is 0. The Morgan fingerprint density at radius 2 is 0.870 bits per heavy atom. The van der Waals surface area contributed by atoms with E-state index in [1.54, 1.807) is 0 Å². The molecule has 0 bridgehead atoms. The van der Waals surface area contributed by atoms with E-state index >= 15 is 0 Å². The molecule has 7 rings (SSSR count). The van der Waals surface area contributed by atoms with Gasteiger partial charge in [0.05, 0.1) is 33.6 Å². The Balaban J connectivity index is 0.000000142. The van der Waals surface area contributed by atoms with Crippen LogP contribution in [0, 0.1) is 0 Å². The molecule has 2 aliphatic carbocycles. The highest BCUT2D eigenvalue weighted by atomic mass is 79.9. The Labute approximate surface area is 286 Å². The average molecular weight is 691 g/mol. The molecule has 0 N–H and O–H groups in total. The Kier molecular flexibility index (Phi) is 9.57. The first kappa shape index (κ1) is 35.7. The second-order valence-electron chi connectivity index (χ2n) is 15.9. The Morgan fingerprint density at radius 1 is 0.500 bits per heavy atom. The highest BCUT2D eigenvalue weighted by Crippen LogP contribution is 2.43. The molecule has 2 aromatic rings. The fourth-order valence-corrected chi connectivity index (χ4v) is 6.04. The molecule has 0 aromatic heterocycles. The van der Waals surface area contributed by atoms with Crippen molar-refractivity contribution < 1.29 is 27.9 Å². The third-order valence-electron chi connectivity index (χ3n) is 10.8. The number of fused-ring (bicyclic) bond motifs is 2. The lowest BCUT2D eigenvalue weighted by molar-refractivity contribution is 0.00578. The summed E-state index contributed by atoms with van der Waals surface area (Å²) in [6.45, 7) is 24.5. The van der Waals surface area contributed by atoms with Crippen LogP contribution < -0.4 is 5.46 Å². The van der Waals surface area contributed by atoms with E-state index < -0.39 is 14.0 Å². The lowest BCUT2D eigenvalue weighted by Gasteiger charge is -2.32. The van der Waals surface area contributed by atoms with Gasteiger partial charge in [-0.2, -0.15) is 0 Å². The number of hydrogen-bond acceptors (Lipinski definition) is 6. The van der Waals surface area contributed by atoms with E-state index in [1.807, 2.05) is 55.4 Å². The van der Waals surface area contributed by atoms with Gasteiger partial charge >= 0.3 is 21.1 Å². The molecule has 10 heteroatoms. The van der Waals surface area contributed by atoms with Gasteiger partial charge in [-0.25, -0.2) is 0 Å². The molecular formula is C36H50B3BrO6. The molecular weight excluding hydrogens is 641 g/mol. The van der Waals surface area contributed by atoms with Gasteiger partial charge < -0.3 is 27.9 Å². The number of hydrogen-bond donors (Lipinski definition) is 0. The van der Waals surface area contributed by atoms with Gasteiger partial charge in [0.15, 0.2) is 0 Å². The fourth-order valence-electron chi connectivity index (χ4n) is 5.63. The van der Waals surface area contributed by atoms with Crippen molar-refractivity contribution in [2.75, 3.05) is 0 Å². The van der Waals surface area contributed by atoms with Gasteiger partial charge in [0.25, 0.3) is 0 Å². The largest absolute Gasteiger partial charge is 0.494 e. The molecule has 2 aromatic carbocycles. The van der Waals surface area contributed by atoms with Crippen LogP contribution in [0.4, 0.5) is 0 Å². The summed E-state index contributed by atoms with van der Waals surface area (Å²) in [6.07, 6.45) is 10.8. The second kappa shape index (κ2) is 12.4. The smallest absolute Gasteiger partial charge is 0.405 e. The van der Waals surface area contributed by atoms with Crippen LogP contribution in [0.2, 0.25) is 0 Å². The normalized spacial score (nSPS) is 24.7. The molecule has 5 aliphatic rings. The second-order valence-corrected chi connectivity index (χ2v) is 16.8. The molecule has 0 atom stereocenters. The minimum atomic E-state index is -0.476. The first-order valence-corrected chi connectivity index (χ1v) is 17.2. The van der Waals surface area contributed by atoms with Crippen LogP contribution >= 0.6 is 15.9 Å². The minimum absolute atomic E-state index is 0.249. The van der Waals surface area contributed by atoms with Gasteiger partial charge in [-0.1, -0.05) is 64.5 Å². The van der Waals surface area contributed by atoms with Gasteiger partial charge in [0.2, 0.25) is 0 Å². The van der Waals surface area contributed by atoms with Crippen LogP contribution in [0.5, 0.6) is 0 Å². The van der Waals surface area contributed by atoms with Gasteiger partial charge in [0, 0.05) is 4.47 Å². The van der Waals surface area contributed by atoms with Crippen molar-refractivity contribution in [3.05, 3.63) is 75.3 Å². The van der Waals surface area contributed by atoms with E-state index in [-0.39, 0.29) is 40.7 Å². The standard InChI is InChI=1S/C15H19BO2.C12H24B2O4.C9H7Br/c1-14(2)15(3,4)18-16(17-14)13-9-8-11-6-5-7-12(11)10-13;1-9(2)10(3,4)16-13(15-9)14-17-11(5,6)12(7,8)18-14;10-9-5-4-7-2-1-3-8(7)6-9/h5-6,8-10H,7H2,1-4H3;1-8H3;1-2,4-6H,3H2. The predicted octanol–water partition coefficient (Wildman–Crippen LogP) is 7.82. The average Bonchev–Trinajstić information content (AvgIpc) is 3.71. The molecule has 6 nitrogen and oxygen atoms in total. The van der Waals surface area contributed by atoms with Crippen molar-refractivity contribution in [3.8, 4) is 0 Å². The SMILES string of the molecule is Brc1ccc2c(c1)CC=C2.CC1(C)OB(B2OC(C)(C)C(C)(C)O2)OC1(C)C.CC1(C)OB(c2ccc3c(c2)CC=C3)OC1(C)C. The van der Waals surface area contributed by atoms with Gasteiger partial charge in [-0.3, -0.25) is 0 Å². The van der Waals surface area contributed by atoms with Gasteiger partial charge in [0.1, 0.15) is 0 Å². The highest BCUT2D eigenvalue weighted by molar-refractivity contribution is 9.10. The van der Waals surface area contributed by atoms with E-state index in [0.29, 0.717) is 0 Å². The Bertz CT molecular complexity index is 1430.